The van der Waals surface area contributed by atoms with Gasteiger partial charge in [0.05, 0.1) is 6.04 Å². The Morgan fingerprint density at radius 2 is 1.88 bits per heavy atom. The van der Waals surface area contributed by atoms with Gasteiger partial charge in [-0.1, -0.05) is 0 Å². The molecule has 1 unspecified atom stereocenters. The second kappa shape index (κ2) is 8.37. The molecule has 0 aromatic rings. The highest BCUT2D eigenvalue weighted by atomic mass is 16.4. The third-order valence-electron chi connectivity index (χ3n) is 4.05. The predicted octanol–water partition coefficient (Wildman–Crippen LogP) is -1.39. The van der Waals surface area contributed by atoms with Crippen molar-refractivity contribution < 1.29 is 19.5 Å². The van der Waals surface area contributed by atoms with Crippen LogP contribution >= 0.6 is 0 Å². The van der Waals surface area contributed by atoms with Crippen LogP contribution in [0.4, 0.5) is 4.79 Å². The molecular formula is C14H26N6O4. The molecule has 10 heteroatoms. The van der Waals surface area contributed by atoms with E-state index in [1.54, 1.807) is 4.90 Å². The molecule has 1 heterocycles. The van der Waals surface area contributed by atoms with Gasteiger partial charge in [-0.15, -0.1) is 0 Å². The number of rotatable bonds is 6. The lowest BCUT2D eigenvalue weighted by atomic mass is 9.93. The van der Waals surface area contributed by atoms with Crippen molar-refractivity contribution in [3.8, 4) is 0 Å². The lowest BCUT2D eigenvalue weighted by molar-refractivity contribution is -0.137. The molecule has 1 saturated heterocycles. The highest BCUT2D eigenvalue weighted by molar-refractivity contribution is 5.87. The van der Waals surface area contributed by atoms with Gasteiger partial charge in [0.15, 0.2) is 5.96 Å². The Morgan fingerprint density at radius 1 is 1.29 bits per heavy atom. The minimum atomic E-state index is -1.12. The number of amides is 3. The largest absolute Gasteiger partial charge is 0.465 e. The minimum Gasteiger partial charge on any atom is -0.465 e. The average Bonchev–Trinajstić information content (AvgIpc) is 2.88. The molecule has 1 aliphatic rings. The molecule has 0 aliphatic carbocycles. The molecule has 0 spiro atoms. The minimum absolute atomic E-state index is 0.0642. The summed E-state index contributed by atoms with van der Waals surface area (Å²) in [4.78, 5) is 42.4. The Hall–Kier alpha value is -2.52. The number of hydrogen-bond acceptors (Lipinski definition) is 4. The van der Waals surface area contributed by atoms with Crippen molar-refractivity contribution in [1.29, 1.82) is 0 Å². The number of carboxylic acid groups (broad SMARTS) is 1. The number of likely N-dealkylation sites (N-methyl/N-ethyl adjacent to an activating group) is 1. The summed E-state index contributed by atoms with van der Waals surface area (Å²) in [5.41, 5.74) is 10.8. The zero-order valence-electron chi connectivity index (χ0n) is 14.2. The van der Waals surface area contributed by atoms with Crippen LogP contribution in [0.3, 0.4) is 0 Å². The van der Waals surface area contributed by atoms with Gasteiger partial charge in [0.1, 0.15) is 6.04 Å². The number of aliphatic imine (C=N–C) groups is 1. The lowest BCUT2D eigenvalue weighted by Gasteiger charge is -2.30. The topological polar surface area (TPSA) is 154 Å². The Balaban J connectivity index is 3.16. The number of carbonyl (C=O) groups is 3. The average molecular weight is 342 g/mol. The maximum atomic E-state index is 12.8. The van der Waals surface area contributed by atoms with Gasteiger partial charge in [-0.3, -0.25) is 9.59 Å². The van der Waals surface area contributed by atoms with Crippen molar-refractivity contribution in [2.45, 2.75) is 32.9 Å². The van der Waals surface area contributed by atoms with E-state index in [9.17, 15) is 19.5 Å². The summed E-state index contributed by atoms with van der Waals surface area (Å²) in [6.07, 6.45) is -1.12. The van der Waals surface area contributed by atoms with E-state index in [1.807, 2.05) is 13.8 Å². The second-order valence-electron chi connectivity index (χ2n) is 5.66. The van der Waals surface area contributed by atoms with E-state index >= 15 is 0 Å². The van der Waals surface area contributed by atoms with E-state index in [0.717, 1.165) is 4.90 Å². The fraction of sp³-hybridized carbons (Fsp3) is 0.714. The molecule has 0 radical (unpaired) electrons. The standard InChI is InChI=1S/C14H26N6O4/c1-4-19(5-2)12(22)11(17-8(3)21)9-6-20(14(23)24)7-10(9)18-13(15)16/h9-11H,4-7H2,1-3H3,(H,17,21)(H,23,24)(H4,15,16,18)/t9-,10-,11?/m0/s1. The van der Waals surface area contributed by atoms with Gasteiger partial charge in [0.25, 0.3) is 0 Å². The van der Waals surface area contributed by atoms with Crippen molar-refractivity contribution in [3.63, 3.8) is 0 Å². The van der Waals surface area contributed by atoms with Gasteiger partial charge in [0.2, 0.25) is 11.8 Å². The zero-order chi connectivity index (χ0) is 18.4. The van der Waals surface area contributed by atoms with Crippen LogP contribution in [0.25, 0.3) is 0 Å². The van der Waals surface area contributed by atoms with Crippen molar-refractivity contribution >= 4 is 23.9 Å². The van der Waals surface area contributed by atoms with Crippen LogP contribution in [0.1, 0.15) is 20.8 Å². The summed E-state index contributed by atoms with van der Waals surface area (Å²) >= 11 is 0. The summed E-state index contributed by atoms with van der Waals surface area (Å²) in [6.45, 7) is 6.06. The summed E-state index contributed by atoms with van der Waals surface area (Å²) in [5, 5.41) is 11.9. The van der Waals surface area contributed by atoms with Crippen LogP contribution in [-0.2, 0) is 9.59 Å². The van der Waals surface area contributed by atoms with E-state index in [2.05, 4.69) is 10.3 Å². The SMILES string of the molecule is CCN(CC)C(=O)C(NC(C)=O)[C@H]1CN(C(=O)O)C[C@@H]1N=C(N)N. The van der Waals surface area contributed by atoms with Gasteiger partial charge in [-0.05, 0) is 13.8 Å². The predicted molar refractivity (Wildman–Crippen MR) is 88.2 cm³/mol. The summed E-state index contributed by atoms with van der Waals surface area (Å²) < 4.78 is 0. The molecule has 3 atom stereocenters. The van der Waals surface area contributed by atoms with Crippen LogP contribution < -0.4 is 16.8 Å². The summed E-state index contributed by atoms with van der Waals surface area (Å²) in [5.74, 6) is -1.38. The highest BCUT2D eigenvalue weighted by Gasteiger charge is 2.44. The normalized spacial score (nSPS) is 21.0. The van der Waals surface area contributed by atoms with Crippen molar-refractivity contribution in [2.24, 2.45) is 22.4 Å². The number of guanidine groups is 1. The summed E-state index contributed by atoms with van der Waals surface area (Å²) in [6, 6.07) is -1.48. The molecule has 6 N–H and O–H groups in total. The van der Waals surface area contributed by atoms with Crippen molar-refractivity contribution in [1.82, 2.24) is 15.1 Å². The smallest absolute Gasteiger partial charge is 0.407 e. The maximum Gasteiger partial charge on any atom is 0.407 e. The number of hydrogen-bond donors (Lipinski definition) is 4. The first kappa shape index (κ1) is 19.5. The molecule has 0 aromatic heterocycles. The third-order valence-corrected chi connectivity index (χ3v) is 4.05. The first-order valence-electron chi connectivity index (χ1n) is 7.83. The van der Waals surface area contributed by atoms with Gasteiger partial charge in [-0.25, -0.2) is 9.79 Å². The molecule has 0 bridgehead atoms. The monoisotopic (exact) mass is 342 g/mol. The first-order valence-corrected chi connectivity index (χ1v) is 7.83. The van der Waals surface area contributed by atoms with Crippen LogP contribution in [0.15, 0.2) is 4.99 Å². The number of nitrogens with zero attached hydrogens (tertiary/aromatic N) is 3. The number of nitrogens with two attached hydrogens (primary N) is 2. The highest BCUT2D eigenvalue weighted by Crippen LogP contribution is 2.25. The van der Waals surface area contributed by atoms with E-state index in [0.29, 0.717) is 13.1 Å². The lowest BCUT2D eigenvalue weighted by Crippen LogP contribution is -2.54. The van der Waals surface area contributed by atoms with Crippen molar-refractivity contribution in [3.05, 3.63) is 0 Å². The number of likely N-dealkylation sites (tertiary alicyclic amines) is 1. The van der Waals surface area contributed by atoms with E-state index in [-0.39, 0.29) is 30.9 Å². The van der Waals surface area contributed by atoms with Gasteiger partial charge >= 0.3 is 6.09 Å². The first-order chi connectivity index (χ1) is 11.2. The Bertz CT molecular complexity index is 515. The Labute approximate surface area is 140 Å². The molecule has 0 saturated carbocycles. The van der Waals surface area contributed by atoms with Crippen LogP contribution in [0.5, 0.6) is 0 Å². The fourth-order valence-corrected chi connectivity index (χ4v) is 2.93. The molecule has 0 aromatic carbocycles. The molecule has 1 rings (SSSR count). The fourth-order valence-electron chi connectivity index (χ4n) is 2.93. The van der Waals surface area contributed by atoms with Crippen LogP contribution in [0.2, 0.25) is 0 Å². The van der Waals surface area contributed by atoms with Gasteiger partial charge in [0, 0.05) is 39.0 Å². The van der Waals surface area contributed by atoms with E-state index in [1.165, 1.54) is 6.92 Å². The number of nitrogens with one attached hydrogen (secondary N) is 1. The molecule has 24 heavy (non-hydrogen) atoms. The zero-order valence-corrected chi connectivity index (χ0v) is 14.2. The molecule has 1 aliphatic heterocycles. The van der Waals surface area contributed by atoms with Crippen LogP contribution in [-0.4, -0.2) is 77.0 Å². The number of carbonyl (C=O) groups excluding carboxylic acids is 2. The molecule has 10 nitrogen and oxygen atoms in total. The van der Waals surface area contributed by atoms with E-state index in [4.69, 9.17) is 11.5 Å². The Kier molecular flexibility index (Phi) is 6.81. The van der Waals surface area contributed by atoms with Crippen molar-refractivity contribution in [2.75, 3.05) is 26.2 Å². The molecular weight excluding hydrogens is 316 g/mol. The maximum absolute atomic E-state index is 12.8. The molecule has 136 valence electrons. The van der Waals surface area contributed by atoms with Gasteiger partial charge in [-0.2, -0.15) is 0 Å². The van der Waals surface area contributed by atoms with Gasteiger partial charge < -0.3 is 31.7 Å². The molecule has 3 amide bonds. The van der Waals surface area contributed by atoms with E-state index < -0.39 is 24.1 Å². The Morgan fingerprint density at radius 3 is 2.29 bits per heavy atom. The third kappa shape index (κ3) is 4.74. The molecule has 1 fully saturated rings. The van der Waals surface area contributed by atoms with Crippen LogP contribution in [0, 0.1) is 5.92 Å². The quantitative estimate of drug-likeness (QED) is 0.344. The summed E-state index contributed by atoms with van der Waals surface area (Å²) in [7, 11) is 0. The second-order valence-corrected chi connectivity index (χ2v) is 5.66.